The van der Waals surface area contributed by atoms with Crippen LogP contribution < -0.4 is 11.1 Å². The molecule has 2 amide bonds. The summed E-state index contributed by atoms with van der Waals surface area (Å²) in [6.45, 7) is 0. The van der Waals surface area contributed by atoms with E-state index in [0.717, 1.165) is 37.1 Å². The lowest BCUT2D eigenvalue weighted by atomic mass is 10.0. The molecule has 4 N–H and O–H groups in total. The number of halogens is 3. The predicted molar refractivity (Wildman–Crippen MR) is 74.9 cm³/mol. The van der Waals surface area contributed by atoms with Gasteiger partial charge in [0.1, 0.15) is 6.04 Å². The smallest absolute Gasteiger partial charge is 0.378 e. The van der Waals surface area contributed by atoms with Crippen molar-refractivity contribution in [2.75, 3.05) is 0 Å². The zero-order valence-corrected chi connectivity index (χ0v) is 12.1. The summed E-state index contributed by atoms with van der Waals surface area (Å²) >= 11 is 0. The monoisotopic (exact) mass is 330 g/mol. The lowest BCUT2D eigenvalue weighted by molar-refractivity contribution is -0.137. The molecular formula is C15H17F3N2O3. The maximum atomic E-state index is 12.5. The number of aliphatic hydroxyl groups is 1. The summed E-state index contributed by atoms with van der Waals surface area (Å²) in [5.41, 5.74) is 4.33. The highest BCUT2D eigenvalue weighted by Crippen LogP contribution is 2.33. The van der Waals surface area contributed by atoms with Crippen LogP contribution in [0.5, 0.6) is 0 Å². The van der Waals surface area contributed by atoms with Crippen molar-refractivity contribution in [3.8, 4) is 0 Å². The van der Waals surface area contributed by atoms with Crippen LogP contribution in [-0.2, 0) is 15.8 Å². The molecule has 0 bridgehead atoms. The summed E-state index contributed by atoms with van der Waals surface area (Å²) in [5.74, 6) is -1.24. The zero-order chi connectivity index (χ0) is 17.2. The van der Waals surface area contributed by atoms with Crippen LogP contribution in [0.25, 0.3) is 0 Å². The fourth-order valence-electron chi connectivity index (χ4n) is 2.19. The molecule has 1 aliphatic rings. The molecule has 0 unspecified atom stereocenters. The third-order valence-corrected chi connectivity index (χ3v) is 3.73. The second kappa shape index (κ2) is 6.57. The summed E-state index contributed by atoms with van der Waals surface area (Å²) in [6.07, 6.45) is -3.84. The highest BCUT2D eigenvalue weighted by atomic mass is 19.4. The molecular weight excluding hydrogens is 313 g/mol. The number of hydrogen-bond acceptors (Lipinski definition) is 3. The number of rotatable bonds is 6. The second-order valence-electron chi connectivity index (χ2n) is 5.66. The summed E-state index contributed by atoms with van der Waals surface area (Å²) in [7, 11) is 0. The van der Waals surface area contributed by atoms with Crippen molar-refractivity contribution in [2.45, 2.75) is 37.6 Å². The molecule has 1 fully saturated rings. The third-order valence-electron chi connectivity index (χ3n) is 3.73. The zero-order valence-electron chi connectivity index (χ0n) is 12.1. The van der Waals surface area contributed by atoms with E-state index in [-0.39, 0.29) is 5.56 Å². The van der Waals surface area contributed by atoms with Crippen LogP contribution in [0.3, 0.4) is 0 Å². The molecule has 1 aromatic carbocycles. The molecule has 0 aliphatic heterocycles. The molecule has 0 spiro atoms. The molecule has 0 radical (unpaired) electrons. The van der Waals surface area contributed by atoms with Crippen LogP contribution in [-0.4, -0.2) is 23.0 Å². The number of carbonyl (C=O) groups excluding carboxylic acids is 2. The van der Waals surface area contributed by atoms with Gasteiger partial charge < -0.3 is 16.2 Å². The van der Waals surface area contributed by atoms with Crippen molar-refractivity contribution in [3.05, 3.63) is 35.4 Å². The number of amides is 2. The van der Waals surface area contributed by atoms with Crippen molar-refractivity contribution in [2.24, 2.45) is 11.7 Å². The highest BCUT2D eigenvalue weighted by Gasteiger charge is 2.32. The van der Waals surface area contributed by atoms with E-state index in [2.05, 4.69) is 5.32 Å². The van der Waals surface area contributed by atoms with Crippen LogP contribution >= 0.6 is 0 Å². The van der Waals surface area contributed by atoms with Gasteiger partial charge in [-0.3, -0.25) is 9.59 Å². The Bertz CT molecular complexity index is 583. The molecule has 1 aromatic rings. The first kappa shape index (κ1) is 17.3. The maximum absolute atomic E-state index is 12.5. The summed E-state index contributed by atoms with van der Waals surface area (Å²) in [6, 6.07) is 2.71. The molecule has 0 saturated heterocycles. The number of primary amides is 1. The average Bonchev–Trinajstić information content (AvgIpc) is 3.28. The van der Waals surface area contributed by atoms with Crippen LogP contribution in [0.2, 0.25) is 0 Å². The van der Waals surface area contributed by atoms with E-state index in [0.29, 0.717) is 12.3 Å². The first-order valence-electron chi connectivity index (χ1n) is 7.13. The largest absolute Gasteiger partial charge is 0.416 e. The van der Waals surface area contributed by atoms with Gasteiger partial charge in [-0.05, 0) is 30.0 Å². The van der Waals surface area contributed by atoms with Gasteiger partial charge >= 0.3 is 6.18 Å². The Hall–Kier alpha value is -2.09. The van der Waals surface area contributed by atoms with Crippen molar-refractivity contribution in [1.82, 2.24) is 5.32 Å². The van der Waals surface area contributed by atoms with Crippen molar-refractivity contribution < 1.29 is 27.9 Å². The number of hydrogen-bond donors (Lipinski definition) is 3. The summed E-state index contributed by atoms with van der Waals surface area (Å²) < 4.78 is 37.4. The molecule has 1 aliphatic carbocycles. The highest BCUT2D eigenvalue weighted by molar-refractivity contribution is 5.89. The Labute approximate surface area is 130 Å². The van der Waals surface area contributed by atoms with Gasteiger partial charge in [-0.25, -0.2) is 0 Å². The Balaban J connectivity index is 2.01. The molecule has 8 heteroatoms. The topological polar surface area (TPSA) is 92.4 Å². The lowest BCUT2D eigenvalue weighted by Gasteiger charge is -2.18. The maximum Gasteiger partial charge on any atom is 0.416 e. The molecule has 2 atom stereocenters. The van der Waals surface area contributed by atoms with E-state index in [1.807, 2.05) is 0 Å². The predicted octanol–water partition coefficient (Wildman–Crippen LogP) is 1.51. The average molecular weight is 330 g/mol. The van der Waals surface area contributed by atoms with Crippen LogP contribution in [0.4, 0.5) is 13.2 Å². The minimum absolute atomic E-state index is 0.00476. The van der Waals surface area contributed by atoms with E-state index < -0.39 is 35.7 Å². The van der Waals surface area contributed by atoms with Crippen LogP contribution in [0.15, 0.2) is 24.3 Å². The van der Waals surface area contributed by atoms with Crippen molar-refractivity contribution in [1.29, 1.82) is 0 Å². The fourth-order valence-corrected chi connectivity index (χ4v) is 2.19. The fraction of sp³-hybridized carbons (Fsp3) is 0.467. The third kappa shape index (κ3) is 4.69. The van der Waals surface area contributed by atoms with E-state index in [1.165, 1.54) is 0 Å². The molecule has 126 valence electrons. The van der Waals surface area contributed by atoms with E-state index >= 15 is 0 Å². The lowest BCUT2D eigenvalue weighted by Crippen LogP contribution is -2.46. The van der Waals surface area contributed by atoms with Gasteiger partial charge in [0.15, 0.2) is 6.10 Å². The minimum Gasteiger partial charge on any atom is -0.378 e. The number of nitrogens with two attached hydrogens (primary N) is 1. The van der Waals surface area contributed by atoms with Crippen molar-refractivity contribution in [3.63, 3.8) is 0 Å². The Kier molecular flexibility index (Phi) is 4.93. The number of alkyl halides is 3. The molecule has 1 saturated carbocycles. The van der Waals surface area contributed by atoms with E-state index in [9.17, 15) is 27.9 Å². The first-order valence-corrected chi connectivity index (χ1v) is 7.13. The molecule has 2 rings (SSSR count). The molecule has 0 aromatic heterocycles. The summed E-state index contributed by atoms with van der Waals surface area (Å²) in [4.78, 5) is 23.3. The molecule has 23 heavy (non-hydrogen) atoms. The normalized spacial score (nSPS) is 17.4. The van der Waals surface area contributed by atoms with Gasteiger partial charge in [-0.15, -0.1) is 0 Å². The summed E-state index contributed by atoms with van der Waals surface area (Å²) in [5, 5.41) is 12.3. The quantitative estimate of drug-likeness (QED) is 0.738. The van der Waals surface area contributed by atoms with Gasteiger partial charge in [0.25, 0.3) is 5.91 Å². The molecule has 0 heterocycles. The van der Waals surface area contributed by atoms with Gasteiger partial charge in [0.2, 0.25) is 5.91 Å². The Morgan fingerprint density at radius 2 is 1.83 bits per heavy atom. The minimum atomic E-state index is -4.49. The van der Waals surface area contributed by atoms with Gasteiger partial charge in [-0.2, -0.15) is 13.2 Å². The second-order valence-corrected chi connectivity index (χ2v) is 5.66. The van der Waals surface area contributed by atoms with E-state index in [4.69, 9.17) is 5.73 Å². The van der Waals surface area contributed by atoms with Gasteiger partial charge in [-0.1, -0.05) is 25.0 Å². The Morgan fingerprint density at radius 1 is 1.26 bits per heavy atom. The standard InChI is InChI=1S/C15H17F3N2O3/c16-15(17,18)10-5-3-9(4-6-10)12(21)14(23)20-11(13(19)22)7-8-1-2-8/h3-6,8,11-12,21H,1-2,7H2,(H2,19,22)(H,20,23)/t11-,12-/m1/s1. The SMILES string of the molecule is NC(=O)[C@@H](CC1CC1)NC(=O)[C@H](O)c1ccc(C(F)(F)F)cc1. The first-order chi connectivity index (χ1) is 10.7. The van der Waals surface area contributed by atoms with Crippen LogP contribution in [0, 0.1) is 5.92 Å². The van der Waals surface area contributed by atoms with Crippen LogP contribution in [0.1, 0.15) is 36.5 Å². The van der Waals surface area contributed by atoms with Gasteiger partial charge in [0.05, 0.1) is 5.56 Å². The van der Waals surface area contributed by atoms with Crippen molar-refractivity contribution >= 4 is 11.8 Å². The number of nitrogens with one attached hydrogen (secondary N) is 1. The Morgan fingerprint density at radius 3 is 2.26 bits per heavy atom. The number of aliphatic hydroxyl groups excluding tert-OH is 1. The molecule has 5 nitrogen and oxygen atoms in total. The van der Waals surface area contributed by atoms with Gasteiger partial charge in [0, 0.05) is 0 Å². The number of carbonyl (C=O) groups is 2. The van der Waals surface area contributed by atoms with E-state index in [1.54, 1.807) is 0 Å². The number of benzene rings is 1.